The van der Waals surface area contributed by atoms with Crippen LogP contribution in [0.15, 0.2) is 42.5 Å². The Kier molecular flexibility index (Phi) is 5.26. The van der Waals surface area contributed by atoms with Gasteiger partial charge in [-0.15, -0.1) is 0 Å². The zero-order valence-electron chi connectivity index (χ0n) is 13.5. The first-order chi connectivity index (χ1) is 12.2. The Morgan fingerprint density at radius 2 is 1.69 bits per heavy atom. The van der Waals surface area contributed by atoms with Crippen LogP contribution in [-0.4, -0.2) is 21.7 Å². The molecule has 26 heavy (non-hydrogen) atoms. The van der Waals surface area contributed by atoms with Crippen molar-refractivity contribution in [2.24, 2.45) is 5.73 Å². The number of non-ortho nitro benzene ring substituents is 1. The van der Waals surface area contributed by atoms with E-state index in [4.69, 9.17) is 5.73 Å². The van der Waals surface area contributed by atoms with E-state index in [0.29, 0.717) is 5.56 Å². The first kappa shape index (κ1) is 18.5. The number of nitro benzene ring substituents is 2. The van der Waals surface area contributed by atoms with Gasteiger partial charge < -0.3 is 11.1 Å². The zero-order chi connectivity index (χ0) is 19.4. The number of benzene rings is 2. The second kappa shape index (κ2) is 7.38. The molecule has 10 heteroatoms. The lowest BCUT2D eigenvalue weighted by molar-refractivity contribution is -0.394. The number of nitrogens with one attached hydrogen (secondary N) is 1. The molecule has 0 aliphatic carbocycles. The van der Waals surface area contributed by atoms with Crippen molar-refractivity contribution in [3.8, 4) is 0 Å². The molecule has 3 N–H and O–H groups in total. The molecule has 0 saturated carbocycles. The van der Waals surface area contributed by atoms with E-state index in [1.54, 1.807) is 30.3 Å². The molecule has 1 unspecified atom stereocenters. The van der Waals surface area contributed by atoms with Gasteiger partial charge >= 0.3 is 0 Å². The summed E-state index contributed by atoms with van der Waals surface area (Å²) >= 11 is 0. The molecule has 0 fully saturated rings. The third kappa shape index (κ3) is 3.80. The van der Waals surface area contributed by atoms with Crippen molar-refractivity contribution in [2.75, 3.05) is 0 Å². The Bertz CT molecular complexity index is 897. The summed E-state index contributed by atoms with van der Waals surface area (Å²) in [4.78, 5) is 44.7. The lowest BCUT2D eigenvalue weighted by atomic mass is 10.0. The fraction of sp³-hybridized carbons (Fsp3) is 0.125. The molecule has 2 aromatic rings. The van der Waals surface area contributed by atoms with E-state index in [0.717, 1.165) is 12.1 Å². The molecular formula is C16H14N4O6. The van der Waals surface area contributed by atoms with E-state index in [-0.39, 0.29) is 11.1 Å². The number of carbonyl (C=O) groups excluding carboxylic acids is 2. The summed E-state index contributed by atoms with van der Waals surface area (Å²) in [6.45, 7) is 1.29. The quantitative estimate of drug-likeness (QED) is 0.591. The number of hydrogen-bond donors (Lipinski definition) is 2. The average Bonchev–Trinajstić information content (AvgIpc) is 2.59. The fourth-order valence-corrected chi connectivity index (χ4v) is 2.39. The molecule has 0 aromatic heterocycles. The molecule has 0 aliphatic heterocycles. The van der Waals surface area contributed by atoms with Gasteiger partial charge in [-0.1, -0.05) is 30.3 Å². The highest BCUT2D eigenvalue weighted by Gasteiger charge is 2.27. The number of nitrogens with two attached hydrogens (primary N) is 1. The van der Waals surface area contributed by atoms with Gasteiger partial charge in [0.2, 0.25) is 5.91 Å². The lowest BCUT2D eigenvalue weighted by Gasteiger charge is -2.16. The first-order valence-corrected chi connectivity index (χ1v) is 7.31. The molecule has 0 bridgehead atoms. The lowest BCUT2D eigenvalue weighted by Crippen LogP contribution is -2.37. The van der Waals surface area contributed by atoms with Crippen LogP contribution in [-0.2, 0) is 4.79 Å². The fourth-order valence-electron chi connectivity index (χ4n) is 2.39. The first-order valence-electron chi connectivity index (χ1n) is 7.31. The number of hydrogen-bond acceptors (Lipinski definition) is 6. The van der Waals surface area contributed by atoms with Gasteiger partial charge in [0.25, 0.3) is 17.3 Å². The normalized spacial score (nSPS) is 11.4. The molecule has 0 heterocycles. The number of carbonyl (C=O) groups is 2. The van der Waals surface area contributed by atoms with E-state index < -0.39 is 39.1 Å². The van der Waals surface area contributed by atoms with E-state index in [2.05, 4.69) is 5.32 Å². The van der Waals surface area contributed by atoms with E-state index in [1.807, 2.05) is 0 Å². The van der Waals surface area contributed by atoms with Gasteiger partial charge in [-0.2, -0.15) is 0 Å². The SMILES string of the molecule is Cc1c(C(=O)NC(C(N)=O)c2ccccc2)cc([N+](=O)[O-])cc1[N+](=O)[O-]. The van der Waals surface area contributed by atoms with E-state index in [1.165, 1.54) is 6.92 Å². The largest absolute Gasteiger partial charge is 0.368 e. The number of rotatable bonds is 6. The van der Waals surface area contributed by atoms with Crippen LogP contribution in [0.4, 0.5) is 11.4 Å². The van der Waals surface area contributed by atoms with E-state index in [9.17, 15) is 29.8 Å². The van der Waals surface area contributed by atoms with Gasteiger partial charge in [-0.05, 0) is 12.5 Å². The van der Waals surface area contributed by atoms with Crippen LogP contribution in [0.5, 0.6) is 0 Å². The average molecular weight is 358 g/mol. The van der Waals surface area contributed by atoms with Crippen LogP contribution in [0, 0.1) is 27.2 Å². The highest BCUT2D eigenvalue weighted by Crippen LogP contribution is 2.28. The number of nitrogens with zero attached hydrogens (tertiary/aromatic N) is 2. The Balaban J connectivity index is 2.46. The van der Waals surface area contributed by atoms with Gasteiger partial charge in [0.15, 0.2) is 0 Å². The summed E-state index contributed by atoms with van der Waals surface area (Å²) in [6, 6.07) is 8.62. The molecule has 0 saturated heterocycles. The number of nitro groups is 2. The molecule has 2 amide bonds. The highest BCUT2D eigenvalue weighted by atomic mass is 16.6. The Labute approximate surface area is 146 Å². The summed E-state index contributed by atoms with van der Waals surface area (Å²) in [5, 5.41) is 24.5. The monoisotopic (exact) mass is 358 g/mol. The highest BCUT2D eigenvalue weighted by molar-refractivity contribution is 6.00. The Hall–Kier alpha value is -3.82. The van der Waals surface area contributed by atoms with Crippen LogP contribution >= 0.6 is 0 Å². The molecule has 1 atom stereocenters. The van der Waals surface area contributed by atoms with Gasteiger partial charge in [0.05, 0.1) is 21.5 Å². The van der Waals surface area contributed by atoms with Crippen molar-refractivity contribution in [2.45, 2.75) is 13.0 Å². The summed E-state index contributed by atoms with van der Waals surface area (Å²) in [6.07, 6.45) is 0. The van der Waals surface area contributed by atoms with Crippen molar-refractivity contribution in [1.82, 2.24) is 5.32 Å². The Morgan fingerprint density at radius 3 is 2.19 bits per heavy atom. The third-order valence-electron chi connectivity index (χ3n) is 3.71. The van der Waals surface area contributed by atoms with Crippen LogP contribution in [0.25, 0.3) is 0 Å². The number of amides is 2. The van der Waals surface area contributed by atoms with Crippen molar-refractivity contribution in [3.05, 3.63) is 79.4 Å². The van der Waals surface area contributed by atoms with Gasteiger partial charge in [0, 0.05) is 11.6 Å². The van der Waals surface area contributed by atoms with Gasteiger partial charge in [-0.25, -0.2) is 0 Å². The minimum absolute atomic E-state index is 0.0608. The van der Waals surface area contributed by atoms with Crippen molar-refractivity contribution < 1.29 is 19.4 Å². The predicted molar refractivity (Wildman–Crippen MR) is 90.3 cm³/mol. The minimum Gasteiger partial charge on any atom is -0.368 e. The van der Waals surface area contributed by atoms with Crippen LogP contribution in [0.3, 0.4) is 0 Å². The van der Waals surface area contributed by atoms with E-state index >= 15 is 0 Å². The topological polar surface area (TPSA) is 158 Å². The molecule has 0 spiro atoms. The van der Waals surface area contributed by atoms with Gasteiger partial charge in [-0.3, -0.25) is 29.8 Å². The van der Waals surface area contributed by atoms with Crippen LogP contribution in [0.1, 0.15) is 27.5 Å². The molecule has 2 rings (SSSR count). The maximum Gasteiger partial charge on any atom is 0.279 e. The van der Waals surface area contributed by atoms with Gasteiger partial charge in [0.1, 0.15) is 6.04 Å². The van der Waals surface area contributed by atoms with Crippen molar-refractivity contribution >= 4 is 23.2 Å². The molecule has 0 aliphatic rings. The third-order valence-corrected chi connectivity index (χ3v) is 3.71. The summed E-state index contributed by atoms with van der Waals surface area (Å²) in [7, 11) is 0. The number of primary amides is 1. The molecular weight excluding hydrogens is 344 g/mol. The van der Waals surface area contributed by atoms with Crippen LogP contribution < -0.4 is 11.1 Å². The zero-order valence-corrected chi connectivity index (χ0v) is 13.5. The minimum atomic E-state index is -1.19. The Morgan fingerprint density at radius 1 is 1.08 bits per heavy atom. The summed E-state index contributed by atoms with van der Waals surface area (Å²) in [5.74, 6) is -1.73. The second-order valence-corrected chi connectivity index (χ2v) is 5.37. The summed E-state index contributed by atoms with van der Waals surface area (Å²) < 4.78 is 0. The summed E-state index contributed by atoms with van der Waals surface area (Å²) in [5.41, 5.74) is 4.20. The van der Waals surface area contributed by atoms with Crippen molar-refractivity contribution in [3.63, 3.8) is 0 Å². The molecule has 134 valence electrons. The maximum atomic E-state index is 12.5. The van der Waals surface area contributed by atoms with Crippen molar-refractivity contribution in [1.29, 1.82) is 0 Å². The maximum absolute atomic E-state index is 12.5. The molecule has 0 radical (unpaired) electrons. The predicted octanol–water partition coefficient (Wildman–Crippen LogP) is 1.77. The standard InChI is InChI=1S/C16H14N4O6/c1-9-12(7-11(19(23)24)8-13(9)20(25)26)16(22)18-14(15(17)21)10-5-3-2-4-6-10/h2-8,14H,1H3,(H2,17,21)(H,18,22). The second-order valence-electron chi connectivity index (χ2n) is 5.37. The van der Waals surface area contributed by atoms with Crippen LogP contribution in [0.2, 0.25) is 0 Å². The smallest absolute Gasteiger partial charge is 0.279 e. The molecule has 10 nitrogen and oxygen atoms in total. The molecule has 2 aromatic carbocycles.